The van der Waals surface area contributed by atoms with Crippen LogP contribution < -0.4 is 0 Å². The van der Waals surface area contributed by atoms with Crippen molar-refractivity contribution in [2.75, 3.05) is 19.8 Å². The van der Waals surface area contributed by atoms with Crippen LogP contribution in [0.4, 0.5) is 0 Å². The summed E-state index contributed by atoms with van der Waals surface area (Å²) in [5.41, 5.74) is 1.17. The molecule has 72 heavy (non-hydrogen) atoms. The third kappa shape index (κ3) is 9.20. The van der Waals surface area contributed by atoms with Gasteiger partial charge in [-0.1, -0.05) is 52.3 Å². The molecule has 0 bridgehead atoms. The van der Waals surface area contributed by atoms with E-state index in [2.05, 4.69) is 40.7 Å². The van der Waals surface area contributed by atoms with E-state index in [-0.39, 0.29) is 28.8 Å². The zero-order valence-electron chi connectivity index (χ0n) is 41.4. The molecule has 9 fully saturated rings. The minimum atomic E-state index is -1.99. The fraction of sp³-hybridized carbons (Fsp3) is 0.920. The molecule has 22 heteroatoms. The number of ether oxygens (including phenoxy) is 10. The number of hydrogen-bond acceptors (Lipinski definition) is 22. The first-order valence-electron chi connectivity index (χ1n) is 26.1. The number of aliphatic hydroxyl groups is 12. The molecular formula is C50H78O22. The van der Waals surface area contributed by atoms with Gasteiger partial charge in [-0.3, -0.25) is 0 Å². The van der Waals surface area contributed by atoms with Crippen LogP contribution in [0.5, 0.6) is 0 Å². The number of aliphatic hydroxyl groups excluding tert-OH is 11. The molecule has 22 nitrogen and oxygen atoms in total. The van der Waals surface area contributed by atoms with E-state index in [4.69, 9.17) is 47.4 Å². The molecule has 10 aliphatic rings. The summed E-state index contributed by atoms with van der Waals surface area (Å²) in [6, 6.07) is 0. The molecule has 12 N–H and O–H groups in total. The van der Waals surface area contributed by atoms with Crippen LogP contribution in [0.25, 0.3) is 0 Å². The van der Waals surface area contributed by atoms with Crippen LogP contribution in [0.15, 0.2) is 23.8 Å². The minimum Gasteiger partial charge on any atom is -0.394 e. The first kappa shape index (κ1) is 54.0. The van der Waals surface area contributed by atoms with Crippen LogP contribution in [0, 0.1) is 46.3 Å². The first-order chi connectivity index (χ1) is 34.2. The fourth-order valence-electron chi connectivity index (χ4n) is 14.7. The Kier molecular flexibility index (Phi) is 15.3. The first-order valence-corrected chi connectivity index (χ1v) is 26.1. The molecule has 30 unspecified atom stereocenters. The largest absolute Gasteiger partial charge is 0.394 e. The highest BCUT2D eigenvalue weighted by Crippen LogP contribution is 2.70. The van der Waals surface area contributed by atoms with Gasteiger partial charge in [0.25, 0.3) is 0 Å². The Morgan fingerprint density at radius 2 is 1.28 bits per heavy atom. The van der Waals surface area contributed by atoms with Crippen LogP contribution in [-0.4, -0.2) is 222 Å². The van der Waals surface area contributed by atoms with E-state index >= 15 is 0 Å². The second kappa shape index (κ2) is 20.4. The van der Waals surface area contributed by atoms with E-state index in [1.807, 2.05) is 12.2 Å². The topological polar surface area (TPSA) is 338 Å². The molecule has 10 rings (SSSR count). The lowest BCUT2D eigenvalue weighted by Crippen LogP contribution is -2.67. The van der Waals surface area contributed by atoms with Gasteiger partial charge in [0.2, 0.25) is 0 Å². The Morgan fingerprint density at radius 1 is 0.653 bits per heavy atom. The lowest BCUT2D eigenvalue weighted by Gasteiger charge is -2.58. The monoisotopic (exact) mass is 1030 g/mol. The van der Waals surface area contributed by atoms with Gasteiger partial charge in [0.15, 0.2) is 37.2 Å². The third-order valence-electron chi connectivity index (χ3n) is 18.8. The molecule has 410 valence electrons. The number of fused-ring (bicyclic) bond motifs is 8. The maximum atomic E-state index is 12.3. The van der Waals surface area contributed by atoms with Crippen molar-refractivity contribution in [2.45, 2.75) is 221 Å². The average molecular weight is 1030 g/mol. The molecular weight excluding hydrogens is 953 g/mol. The van der Waals surface area contributed by atoms with Gasteiger partial charge in [-0.15, -0.1) is 0 Å². The smallest absolute Gasteiger partial charge is 0.190 e. The summed E-state index contributed by atoms with van der Waals surface area (Å²) in [6.07, 6.45) is -20.2. The summed E-state index contributed by atoms with van der Waals surface area (Å²) >= 11 is 0. The average Bonchev–Trinajstić information content (AvgIpc) is 4.01. The number of epoxide rings is 1. The van der Waals surface area contributed by atoms with Crippen molar-refractivity contribution >= 4 is 0 Å². The molecule has 6 aliphatic heterocycles. The molecule has 0 aromatic rings. The third-order valence-corrected chi connectivity index (χ3v) is 18.8. The molecule has 0 aromatic carbocycles. The van der Waals surface area contributed by atoms with Gasteiger partial charge in [-0.25, -0.2) is 0 Å². The highest BCUT2D eigenvalue weighted by Gasteiger charge is 2.68. The number of hydrogen-bond donors (Lipinski definition) is 12. The van der Waals surface area contributed by atoms with Crippen LogP contribution in [-0.2, 0) is 47.4 Å². The summed E-state index contributed by atoms with van der Waals surface area (Å²) < 4.78 is 60.0. The van der Waals surface area contributed by atoms with Crippen molar-refractivity contribution in [1.29, 1.82) is 0 Å². The molecule has 6 saturated heterocycles. The lowest BCUT2D eigenvalue weighted by atomic mass is 9.47. The van der Waals surface area contributed by atoms with E-state index in [0.717, 1.165) is 32.1 Å². The van der Waals surface area contributed by atoms with Crippen molar-refractivity contribution in [3.8, 4) is 0 Å². The predicted octanol–water partition coefficient (Wildman–Crippen LogP) is -2.23. The lowest BCUT2D eigenvalue weighted by molar-refractivity contribution is -0.393. The molecule has 4 aliphatic carbocycles. The van der Waals surface area contributed by atoms with Crippen LogP contribution in [0.2, 0.25) is 0 Å². The molecule has 30 atom stereocenters. The Bertz CT molecular complexity index is 1960. The Labute approximate surface area is 418 Å². The Morgan fingerprint density at radius 3 is 1.97 bits per heavy atom. The van der Waals surface area contributed by atoms with Crippen LogP contribution in [0.1, 0.15) is 79.6 Å². The van der Waals surface area contributed by atoms with Gasteiger partial charge >= 0.3 is 0 Å². The quantitative estimate of drug-likeness (QED) is 0.0686. The van der Waals surface area contributed by atoms with E-state index in [0.29, 0.717) is 36.5 Å². The van der Waals surface area contributed by atoms with E-state index < -0.39 is 155 Å². The van der Waals surface area contributed by atoms with Gasteiger partial charge in [-0.05, 0) is 91.4 Å². The highest BCUT2D eigenvalue weighted by atomic mass is 16.8. The van der Waals surface area contributed by atoms with Gasteiger partial charge in [0.1, 0.15) is 91.6 Å². The summed E-state index contributed by atoms with van der Waals surface area (Å²) in [7, 11) is 0. The highest BCUT2D eigenvalue weighted by molar-refractivity contribution is 5.27. The molecule has 0 radical (unpaired) electrons. The van der Waals surface area contributed by atoms with E-state index in [1.54, 1.807) is 0 Å². The van der Waals surface area contributed by atoms with Gasteiger partial charge < -0.3 is 109 Å². The predicted molar refractivity (Wildman–Crippen MR) is 242 cm³/mol. The van der Waals surface area contributed by atoms with Gasteiger partial charge in [0.05, 0.1) is 32.0 Å². The van der Waals surface area contributed by atoms with Crippen molar-refractivity contribution in [3.63, 3.8) is 0 Å². The Hall–Kier alpha value is -1.40. The van der Waals surface area contributed by atoms with Gasteiger partial charge in [-0.2, -0.15) is 0 Å². The van der Waals surface area contributed by atoms with E-state index in [9.17, 15) is 61.3 Å². The maximum Gasteiger partial charge on any atom is 0.190 e. The normalized spacial score (nSPS) is 56.2. The van der Waals surface area contributed by atoms with Crippen molar-refractivity contribution < 1.29 is 109 Å². The fourth-order valence-corrected chi connectivity index (χ4v) is 14.7. The standard InChI is InChI=1S/C50H78O22/c1-19(2)8-13-50(62)20(3)30-26(72-50)15-25-23-7-6-21-14-22(9-11-48(21,4)24(23)10-12-49(25,30)5)63-46-42(69-44-36(59)34(57)41-47(70-41)71-44)37(60)39(29(18-53)66-46)67-45-38(61)40(32(55)28(17-52)65-45)68-43-35(58)33(56)31(54)27(16-51)64-43/h6,8,13,19-20,22-47,51-62H,7,9-12,14-18H2,1-5H3. The SMILES string of the molecule is CC(C)C=CC1(O)OC2CC3C4CC=C5CC(OC6OC(CO)C(OC7OC(CO)C(O)C(OC8OC(CO)C(O)C(O)C8O)C7O)C(O)C6OC6OC7OC7C(O)C6O)CCC5(C)C4CCC3(C)C2C1C. The van der Waals surface area contributed by atoms with Crippen LogP contribution >= 0.6 is 0 Å². The molecule has 0 spiro atoms. The molecule has 0 amide bonds. The van der Waals surface area contributed by atoms with Crippen LogP contribution in [0.3, 0.4) is 0 Å². The minimum absolute atomic E-state index is 0.0187. The van der Waals surface area contributed by atoms with Crippen molar-refractivity contribution in [1.82, 2.24) is 0 Å². The summed E-state index contributed by atoms with van der Waals surface area (Å²) in [4.78, 5) is 0. The number of rotatable bonds is 13. The molecule has 0 aromatic heterocycles. The second-order valence-corrected chi connectivity index (χ2v) is 23.2. The van der Waals surface area contributed by atoms with Crippen molar-refractivity contribution in [2.24, 2.45) is 46.3 Å². The van der Waals surface area contributed by atoms with E-state index in [1.165, 1.54) is 5.57 Å². The summed E-state index contributed by atoms with van der Waals surface area (Å²) in [5, 5.41) is 131. The summed E-state index contributed by atoms with van der Waals surface area (Å²) in [6.45, 7) is 8.68. The molecule has 6 heterocycles. The zero-order valence-corrected chi connectivity index (χ0v) is 41.4. The maximum absolute atomic E-state index is 12.3. The molecule has 3 saturated carbocycles. The number of allylic oxidation sites excluding steroid dienone is 2. The second-order valence-electron chi connectivity index (χ2n) is 23.2. The van der Waals surface area contributed by atoms with Crippen molar-refractivity contribution in [3.05, 3.63) is 23.8 Å². The van der Waals surface area contributed by atoms with Gasteiger partial charge in [0, 0.05) is 5.92 Å². The zero-order chi connectivity index (χ0) is 51.5. The Balaban J connectivity index is 0.853. The summed E-state index contributed by atoms with van der Waals surface area (Å²) in [5.74, 6) is 0.514.